The number of anilines is 2. The Morgan fingerprint density at radius 3 is 2.26 bits per heavy atom. The Hall–Kier alpha value is -2.64. The van der Waals surface area contributed by atoms with Crippen molar-refractivity contribution >= 4 is 52.1 Å². The fraction of sp³-hybridized carbons (Fsp3) is 0.348. The van der Waals surface area contributed by atoms with Crippen molar-refractivity contribution in [3.63, 3.8) is 0 Å². The van der Waals surface area contributed by atoms with Gasteiger partial charge in [-0.3, -0.25) is 9.59 Å². The van der Waals surface area contributed by atoms with E-state index in [1.165, 1.54) is 0 Å². The zero-order valence-corrected chi connectivity index (χ0v) is 19.1. The van der Waals surface area contributed by atoms with E-state index < -0.39 is 0 Å². The van der Waals surface area contributed by atoms with E-state index in [0.717, 1.165) is 49.5 Å². The largest absolute Gasteiger partial charge is 0.368 e. The number of nitrogens with zero attached hydrogens (tertiary/aromatic N) is 2. The summed E-state index contributed by atoms with van der Waals surface area (Å²) in [6.07, 6.45) is 1.73. The van der Waals surface area contributed by atoms with E-state index in [2.05, 4.69) is 15.5 Å². The molecule has 8 heteroatoms. The fourth-order valence-electron chi connectivity index (χ4n) is 3.46. The standard InChI is InChI=1S/C23H27ClN4O2S/c1-2-3-22(30)28-14-12-27(13-15-28)20-10-8-19(9-11-20)25-23(31)26-21(29)16-17-4-6-18(24)7-5-17/h4-11H,2-3,12-16H2,1H3,(H2,25,26,29,31). The molecule has 2 aromatic carbocycles. The van der Waals surface area contributed by atoms with Crippen LogP contribution < -0.4 is 15.5 Å². The molecular formula is C23H27ClN4O2S. The van der Waals surface area contributed by atoms with Gasteiger partial charge in [-0.1, -0.05) is 30.7 Å². The first-order valence-corrected chi connectivity index (χ1v) is 11.2. The zero-order valence-electron chi connectivity index (χ0n) is 17.6. The number of rotatable bonds is 6. The van der Waals surface area contributed by atoms with E-state index in [4.69, 9.17) is 23.8 Å². The summed E-state index contributed by atoms with van der Waals surface area (Å²) in [5.74, 6) is 0.0558. The van der Waals surface area contributed by atoms with Crippen molar-refractivity contribution in [3.05, 3.63) is 59.1 Å². The lowest BCUT2D eigenvalue weighted by molar-refractivity contribution is -0.131. The number of carbonyl (C=O) groups is 2. The van der Waals surface area contributed by atoms with Crippen LogP contribution in [0.15, 0.2) is 48.5 Å². The molecule has 0 aliphatic carbocycles. The van der Waals surface area contributed by atoms with Crippen molar-refractivity contribution in [2.75, 3.05) is 36.4 Å². The summed E-state index contributed by atoms with van der Waals surface area (Å²) >= 11 is 11.1. The van der Waals surface area contributed by atoms with Crippen LogP contribution in [-0.4, -0.2) is 48.0 Å². The number of thiocarbonyl (C=S) groups is 1. The van der Waals surface area contributed by atoms with Crippen LogP contribution in [0.25, 0.3) is 0 Å². The minimum atomic E-state index is -0.188. The van der Waals surface area contributed by atoms with Crippen molar-refractivity contribution in [2.45, 2.75) is 26.2 Å². The van der Waals surface area contributed by atoms with Crippen LogP contribution in [0.1, 0.15) is 25.3 Å². The van der Waals surface area contributed by atoms with Gasteiger partial charge in [0.1, 0.15) is 0 Å². The van der Waals surface area contributed by atoms with Gasteiger partial charge in [-0.2, -0.15) is 0 Å². The minimum Gasteiger partial charge on any atom is -0.368 e. The number of benzene rings is 2. The van der Waals surface area contributed by atoms with E-state index in [9.17, 15) is 9.59 Å². The molecule has 164 valence electrons. The maximum absolute atomic E-state index is 12.2. The molecule has 1 saturated heterocycles. The van der Waals surface area contributed by atoms with Crippen LogP contribution >= 0.6 is 23.8 Å². The average Bonchev–Trinajstić information content (AvgIpc) is 2.76. The van der Waals surface area contributed by atoms with Gasteiger partial charge in [0.05, 0.1) is 6.42 Å². The maximum Gasteiger partial charge on any atom is 0.230 e. The van der Waals surface area contributed by atoms with Crippen LogP contribution in [0.2, 0.25) is 5.02 Å². The first-order chi connectivity index (χ1) is 14.9. The van der Waals surface area contributed by atoms with Crippen molar-refractivity contribution < 1.29 is 9.59 Å². The Morgan fingerprint density at radius 1 is 1.00 bits per heavy atom. The highest BCUT2D eigenvalue weighted by Gasteiger charge is 2.20. The lowest BCUT2D eigenvalue weighted by Gasteiger charge is -2.36. The molecule has 2 N–H and O–H groups in total. The second-order valence-corrected chi connectivity index (χ2v) is 8.31. The number of nitrogens with one attached hydrogen (secondary N) is 2. The zero-order chi connectivity index (χ0) is 22.2. The Morgan fingerprint density at radius 2 is 1.65 bits per heavy atom. The molecule has 0 bridgehead atoms. The van der Waals surface area contributed by atoms with E-state index in [0.29, 0.717) is 11.4 Å². The monoisotopic (exact) mass is 458 g/mol. The Labute approximate surface area is 193 Å². The fourth-order valence-corrected chi connectivity index (χ4v) is 3.82. The summed E-state index contributed by atoms with van der Waals surface area (Å²) in [6.45, 7) is 5.18. The molecular weight excluding hydrogens is 432 g/mol. The smallest absolute Gasteiger partial charge is 0.230 e. The predicted octanol–water partition coefficient (Wildman–Crippen LogP) is 3.84. The quantitative estimate of drug-likeness (QED) is 0.644. The molecule has 0 spiro atoms. The highest BCUT2D eigenvalue weighted by molar-refractivity contribution is 7.80. The molecule has 0 unspecified atom stereocenters. The third kappa shape index (κ3) is 6.94. The molecule has 6 nitrogen and oxygen atoms in total. The molecule has 1 aliphatic heterocycles. The number of amides is 2. The molecule has 0 radical (unpaired) electrons. The molecule has 0 saturated carbocycles. The van der Waals surface area contributed by atoms with Crippen molar-refractivity contribution in [1.29, 1.82) is 0 Å². The molecule has 3 rings (SSSR count). The van der Waals surface area contributed by atoms with Gasteiger partial charge in [-0.15, -0.1) is 0 Å². The van der Waals surface area contributed by atoms with Gasteiger partial charge in [0.2, 0.25) is 11.8 Å². The van der Waals surface area contributed by atoms with Crippen LogP contribution in [0, 0.1) is 0 Å². The highest BCUT2D eigenvalue weighted by atomic mass is 35.5. The summed E-state index contributed by atoms with van der Waals surface area (Å²) in [6, 6.07) is 15.0. The lowest BCUT2D eigenvalue weighted by atomic mass is 10.1. The number of hydrogen-bond donors (Lipinski definition) is 2. The van der Waals surface area contributed by atoms with Gasteiger partial charge in [-0.05, 0) is 60.6 Å². The number of carbonyl (C=O) groups excluding carboxylic acids is 2. The van der Waals surface area contributed by atoms with Crippen molar-refractivity contribution in [2.24, 2.45) is 0 Å². The molecule has 1 fully saturated rings. The average molecular weight is 459 g/mol. The molecule has 1 aliphatic rings. The number of piperazine rings is 1. The summed E-state index contributed by atoms with van der Waals surface area (Å²) in [4.78, 5) is 28.4. The Bertz CT molecular complexity index is 910. The maximum atomic E-state index is 12.2. The summed E-state index contributed by atoms with van der Waals surface area (Å²) < 4.78 is 0. The third-order valence-corrected chi connectivity index (χ3v) is 5.57. The lowest BCUT2D eigenvalue weighted by Crippen LogP contribution is -2.48. The SMILES string of the molecule is CCCC(=O)N1CCN(c2ccc(NC(=S)NC(=O)Cc3ccc(Cl)cc3)cc2)CC1. The van der Waals surface area contributed by atoms with E-state index >= 15 is 0 Å². The van der Waals surface area contributed by atoms with E-state index in [1.54, 1.807) is 12.1 Å². The van der Waals surface area contributed by atoms with Gasteiger partial charge in [-0.25, -0.2) is 0 Å². The summed E-state index contributed by atoms with van der Waals surface area (Å²) in [5, 5.41) is 6.63. The topological polar surface area (TPSA) is 64.7 Å². The molecule has 1 heterocycles. The molecule has 0 atom stereocenters. The molecule has 31 heavy (non-hydrogen) atoms. The first-order valence-electron chi connectivity index (χ1n) is 10.4. The van der Waals surface area contributed by atoms with Gasteiger partial charge < -0.3 is 20.4 Å². The van der Waals surface area contributed by atoms with Crippen LogP contribution in [0.3, 0.4) is 0 Å². The first kappa shape index (κ1) is 23.0. The van der Waals surface area contributed by atoms with Crippen LogP contribution in [0.5, 0.6) is 0 Å². The highest BCUT2D eigenvalue weighted by Crippen LogP contribution is 2.20. The molecule has 0 aromatic heterocycles. The number of halogens is 1. The Kier molecular flexibility index (Phi) is 8.26. The third-order valence-electron chi connectivity index (χ3n) is 5.12. The van der Waals surface area contributed by atoms with Gasteiger partial charge in [0.25, 0.3) is 0 Å². The van der Waals surface area contributed by atoms with E-state index in [1.807, 2.05) is 48.2 Å². The second kappa shape index (κ2) is 11.1. The van der Waals surface area contributed by atoms with Crippen LogP contribution in [0.4, 0.5) is 11.4 Å². The van der Waals surface area contributed by atoms with E-state index in [-0.39, 0.29) is 23.3 Å². The summed E-state index contributed by atoms with van der Waals surface area (Å²) in [7, 11) is 0. The van der Waals surface area contributed by atoms with Gasteiger partial charge in [0, 0.05) is 49.0 Å². The second-order valence-electron chi connectivity index (χ2n) is 7.47. The van der Waals surface area contributed by atoms with Gasteiger partial charge in [0.15, 0.2) is 5.11 Å². The predicted molar refractivity (Wildman–Crippen MR) is 130 cm³/mol. The number of hydrogen-bond acceptors (Lipinski definition) is 4. The van der Waals surface area contributed by atoms with Gasteiger partial charge >= 0.3 is 0 Å². The van der Waals surface area contributed by atoms with Crippen molar-refractivity contribution in [1.82, 2.24) is 10.2 Å². The Balaban J connectivity index is 1.45. The molecule has 2 amide bonds. The summed E-state index contributed by atoms with van der Waals surface area (Å²) in [5.41, 5.74) is 2.77. The van der Waals surface area contributed by atoms with Crippen LogP contribution in [-0.2, 0) is 16.0 Å². The molecule has 2 aromatic rings. The normalized spacial score (nSPS) is 13.6. The van der Waals surface area contributed by atoms with Crippen molar-refractivity contribution in [3.8, 4) is 0 Å². The minimum absolute atomic E-state index is 0.188.